The molecule has 1 unspecified atom stereocenters. The molecule has 1 aromatic heterocycles. The fourth-order valence-corrected chi connectivity index (χ4v) is 1.57. The monoisotopic (exact) mass is 187 g/mol. The van der Waals surface area contributed by atoms with Crippen molar-refractivity contribution in [2.45, 2.75) is 13.0 Å². The summed E-state index contributed by atoms with van der Waals surface area (Å²) in [5.41, 5.74) is 1.98. The van der Waals surface area contributed by atoms with E-state index in [1.54, 1.807) is 6.92 Å². The molecule has 1 N–H and O–H groups in total. The van der Waals surface area contributed by atoms with Gasteiger partial charge in [0.1, 0.15) is 0 Å². The predicted molar refractivity (Wildman–Crippen MR) is 56.4 cm³/mol. The van der Waals surface area contributed by atoms with Crippen molar-refractivity contribution in [2.75, 3.05) is 0 Å². The Morgan fingerprint density at radius 3 is 2.36 bits per heavy atom. The van der Waals surface area contributed by atoms with Crippen LogP contribution in [0.15, 0.2) is 48.8 Å². The van der Waals surface area contributed by atoms with Gasteiger partial charge in [-0.25, -0.2) is 0 Å². The van der Waals surface area contributed by atoms with Crippen molar-refractivity contribution in [2.24, 2.45) is 0 Å². The number of hydrogen-bond donors (Lipinski definition) is 1. The molecular weight excluding hydrogens is 174 g/mol. The minimum atomic E-state index is -0.436. The average Bonchev–Trinajstić information content (AvgIpc) is 2.70. The molecule has 0 aliphatic rings. The second-order valence-electron chi connectivity index (χ2n) is 3.33. The topological polar surface area (TPSA) is 25.2 Å². The second kappa shape index (κ2) is 3.68. The Kier molecular flexibility index (Phi) is 2.37. The van der Waals surface area contributed by atoms with Crippen LogP contribution in [0.1, 0.15) is 18.6 Å². The van der Waals surface area contributed by atoms with Crippen molar-refractivity contribution < 1.29 is 5.11 Å². The lowest BCUT2D eigenvalue weighted by Crippen LogP contribution is -1.99. The highest BCUT2D eigenvalue weighted by atomic mass is 16.3. The summed E-state index contributed by atoms with van der Waals surface area (Å²) in [7, 11) is 0. The van der Waals surface area contributed by atoms with Gasteiger partial charge in [0.25, 0.3) is 0 Å². The summed E-state index contributed by atoms with van der Waals surface area (Å²) in [6.07, 6.45) is 3.51. The highest BCUT2D eigenvalue weighted by Gasteiger charge is 2.07. The number of benzene rings is 1. The summed E-state index contributed by atoms with van der Waals surface area (Å²) < 4.78 is 2.00. The zero-order valence-electron chi connectivity index (χ0n) is 8.09. The van der Waals surface area contributed by atoms with Crippen molar-refractivity contribution in [3.8, 4) is 5.69 Å². The molecule has 0 saturated heterocycles. The van der Waals surface area contributed by atoms with Crippen LogP contribution in [-0.4, -0.2) is 9.67 Å². The standard InChI is InChI=1S/C12H13NO/c1-10(14)11-6-2-3-7-12(11)13-8-4-5-9-13/h2-10,14H,1H3. The third-order valence-electron chi connectivity index (χ3n) is 2.27. The third-order valence-corrected chi connectivity index (χ3v) is 2.27. The number of aromatic nitrogens is 1. The lowest BCUT2D eigenvalue weighted by atomic mass is 10.1. The molecule has 0 fully saturated rings. The van der Waals surface area contributed by atoms with Crippen molar-refractivity contribution in [3.05, 3.63) is 54.4 Å². The molecule has 72 valence electrons. The Labute approximate surface area is 83.4 Å². The number of aliphatic hydroxyl groups is 1. The zero-order valence-corrected chi connectivity index (χ0v) is 8.09. The highest BCUT2D eigenvalue weighted by molar-refractivity contribution is 5.42. The Morgan fingerprint density at radius 2 is 1.71 bits per heavy atom. The number of aliphatic hydroxyl groups excluding tert-OH is 1. The van der Waals surface area contributed by atoms with Gasteiger partial charge in [-0.15, -0.1) is 0 Å². The molecule has 1 heterocycles. The zero-order chi connectivity index (χ0) is 9.97. The quantitative estimate of drug-likeness (QED) is 0.767. The summed E-state index contributed by atoms with van der Waals surface area (Å²) in [6, 6.07) is 11.8. The summed E-state index contributed by atoms with van der Waals surface area (Å²) in [5.74, 6) is 0. The maximum absolute atomic E-state index is 9.59. The maximum Gasteiger partial charge on any atom is 0.0782 e. The van der Waals surface area contributed by atoms with E-state index in [1.807, 2.05) is 53.4 Å². The Hall–Kier alpha value is -1.54. The first-order valence-electron chi connectivity index (χ1n) is 4.69. The van der Waals surface area contributed by atoms with Crippen LogP contribution in [0.5, 0.6) is 0 Å². The molecule has 0 amide bonds. The van der Waals surface area contributed by atoms with Crippen molar-refractivity contribution >= 4 is 0 Å². The van der Waals surface area contributed by atoms with Gasteiger partial charge in [0.2, 0.25) is 0 Å². The lowest BCUT2D eigenvalue weighted by molar-refractivity contribution is 0.199. The fourth-order valence-electron chi connectivity index (χ4n) is 1.57. The van der Waals surface area contributed by atoms with E-state index in [0.29, 0.717) is 0 Å². The molecule has 0 bridgehead atoms. The van der Waals surface area contributed by atoms with Crippen LogP contribution >= 0.6 is 0 Å². The lowest BCUT2D eigenvalue weighted by Gasteiger charge is -2.12. The molecule has 2 heteroatoms. The normalized spacial score (nSPS) is 12.7. The molecule has 0 radical (unpaired) electrons. The predicted octanol–water partition coefficient (Wildman–Crippen LogP) is 2.53. The molecule has 0 saturated carbocycles. The van der Waals surface area contributed by atoms with Gasteiger partial charge in [-0.3, -0.25) is 0 Å². The molecule has 1 aromatic carbocycles. The van der Waals surface area contributed by atoms with E-state index >= 15 is 0 Å². The van der Waals surface area contributed by atoms with Gasteiger partial charge in [-0.05, 0) is 25.1 Å². The molecule has 0 aliphatic heterocycles. The maximum atomic E-state index is 9.59. The number of hydrogen-bond acceptors (Lipinski definition) is 1. The van der Waals surface area contributed by atoms with Crippen molar-refractivity contribution in [1.29, 1.82) is 0 Å². The van der Waals surface area contributed by atoms with Gasteiger partial charge < -0.3 is 9.67 Å². The van der Waals surface area contributed by atoms with Gasteiger partial charge in [0.15, 0.2) is 0 Å². The van der Waals surface area contributed by atoms with Crippen molar-refractivity contribution in [1.82, 2.24) is 4.57 Å². The van der Waals surface area contributed by atoms with E-state index in [9.17, 15) is 5.11 Å². The van der Waals surface area contributed by atoms with Crippen LogP contribution < -0.4 is 0 Å². The largest absolute Gasteiger partial charge is 0.389 e. The van der Waals surface area contributed by atoms with E-state index in [2.05, 4.69) is 0 Å². The summed E-state index contributed by atoms with van der Waals surface area (Å²) >= 11 is 0. The van der Waals surface area contributed by atoms with E-state index in [0.717, 1.165) is 11.3 Å². The van der Waals surface area contributed by atoms with Gasteiger partial charge in [-0.1, -0.05) is 18.2 Å². The highest BCUT2D eigenvalue weighted by Crippen LogP contribution is 2.20. The van der Waals surface area contributed by atoms with Crippen molar-refractivity contribution in [3.63, 3.8) is 0 Å². The molecule has 0 spiro atoms. The number of para-hydroxylation sites is 1. The molecule has 14 heavy (non-hydrogen) atoms. The summed E-state index contributed by atoms with van der Waals surface area (Å²) in [6.45, 7) is 1.78. The number of nitrogens with zero attached hydrogens (tertiary/aromatic N) is 1. The van der Waals surface area contributed by atoms with Crippen LogP contribution in [0.25, 0.3) is 5.69 Å². The smallest absolute Gasteiger partial charge is 0.0782 e. The molecule has 2 nitrogen and oxygen atoms in total. The molecule has 0 aliphatic carbocycles. The van der Waals surface area contributed by atoms with Gasteiger partial charge in [-0.2, -0.15) is 0 Å². The van der Waals surface area contributed by atoms with Crippen LogP contribution in [0.4, 0.5) is 0 Å². The van der Waals surface area contributed by atoms with Crippen LogP contribution in [0.2, 0.25) is 0 Å². The van der Waals surface area contributed by atoms with Crippen LogP contribution in [0, 0.1) is 0 Å². The van der Waals surface area contributed by atoms with E-state index in [4.69, 9.17) is 0 Å². The second-order valence-corrected chi connectivity index (χ2v) is 3.33. The third kappa shape index (κ3) is 1.56. The SMILES string of the molecule is CC(O)c1ccccc1-n1cccc1. The minimum Gasteiger partial charge on any atom is -0.389 e. The van der Waals surface area contributed by atoms with E-state index in [-0.39, 0.29) is 0 Å². The molecular formula is C12H13NO. The first-order valence-corrected chi connectivity index (χ1v) is 4.69. The minimum absolute atomic E-state index is 0.436. The van der Waals surface area contributed by atoms with Crippen LogP contribution in [-0.2, 0) is 0 Å². The molecule has 2 rings (SSSR count). The molecule has 1 atom stereocenters. The number of rotatable bonds is 2. The first-order chi connectivity index (χ1) is 6.79. The van der Waals surface area contributed by atoms with Gasteiger partial charge >= 0.3 is 0 Å². The van der Waals surface area contributed by atoms with Gasteiger partial charge in [0.05, 0.1) is 11.8 Å². The molecule has 2 aromatic rings. The summed E-state index contributed by atoms with van der Waals surface area (Å²) in [5, 5.41) is 9.59. The fraction of sp³-hybridized carbons (Fsp3) is 0.167. The Bertz CT molecular complexity index is 404. The van der Waals surface area contributed by atoms with E-state index < -0.39 is 6.10 Å². The Balaban J connectivity index is 2.53. The first kappa shape index (κ1) is 9.03. The average molecular weight is 187 g/mol. The van der Waals surface area contributed by atoms with E-state index in [1.165, 1.54) is 0 Å². The van der Waals surface area contributed by atoms with Gasteiger partial charge in [0, 0.05) is 18.0 Å². The van der Waals surface area contributed by atoms with Crippen LogP contribution in [0.3, 0.4) is 0 Å². The Morgan fingerprint density at radius 1 is 1.07 bits per heavy atom. The summed E-state index contributed by atoms with van der Waals surface area (Å²) in [4.78, 5) is 0.